The lowest BCUT2D eigenvalue weighted by Gasteiger charge is -2.24. The molecule has 0 aliphatic carbocycles. The lowest BCUT2D eigenvalue weighted by molar-refractivity contribution is -0.116. The van der Waals surface area contributed by atoms with Crippen LogP contribution < -0.4 is 5.32 Å². The van der Waals surface area contributed by atoms with Crippen LogP contribution in [-0.2, 0) is 20.3 Å². The maximum absolute atomic E-state index is 13.0. The highest BCUT2D eigenvalue weighted by atomic mass is 31.2. The van der Waals surface area contributed by atoms with Crippen molar-refractivity contribution in [3.63, 3.8) is 0 Å². The van der Waals surface area contributed by atoms with Gasteiger partial charge in [0.05, 0.1) is 24.2 Å². The van der Waals surface area contributed by atoms with E-state index in [4.69, 9.17) is 9.51 Å². The van der Waals surface area contributed by atoms with Gasteiger partial charge in [-0.3, -0.25) is 9.36 Å². The molecule has 3 rings (SSSR count). The van der Waals surface area contributed by atoms with Crippen LogP contribution in [0.25, 0.3) is 11.3 Å². The number of nitrogens with zero attached hydrogens (tertiary/aromatic N) is 2. The summed E-state index contributed by atoms with van der Waals surface area (Å²) < 4.78 is 18.4. The molecule has 7 heteroatoms. The maximum Gasteiger partial charge on any atom is 0.229 e. The molecule has 0 saturated heterocycles. The van der Waals surface area contributed by atoms with E-state index in [2.05, 4.69) is 10.3 Å². The Kier molecular flexibility index (Phi) is 7.14. The molecule has 0 aliphatic rings. The van der Waals surface area contributed by atoms with Crippen LogP contribution in [0.15, 0.2) is 66.9 Å². The van der Waals surface area contributed by atoms with E-state index in [1.807, 2.05) is 60.7 Å². The predicted molar refractivity (Wildman–Crippen MR) is 120 cm³/mol. The zero-order valence-electron chi connectivity index (χ0n) is 17.4. The Morgan fingerprint density at radius 2 is 1.73 bits per heavy atom. The van der Waals surface area contributed by atoms with Gasteiger partial charge in [-0.1, -0.05) is 60.7 Å². The van der Waals surface area contributed by atoms with Crippen LogP contribution in [-0.4, -0.2) is 34.8 Å². The predicted octanol–water partition coefficient (Wildman–Crippen LogP) is 5.01. The molecule has 156 valence electrons. The zero-order chi connectivity index (χ0) is 21.6. The van der Waals surface area contributed by atoms with Crippen molar-refractivity contribution in [3.05, 3.63) is 78.1 Å². The Hall–Kier alpha value is -2.82. The van der Waals surface area contributed by atoms with Crippen molar-refractivity contribution in [1.29, 1.82) is 0 Å². The molecule has 2 aromatic carbocycles. The van der Waals surface area contributed by atoms with Crippen LogP contribution >= 0.6 is 7.37 Å². The molecule has 0 radical (unpaired) electrons. The van der Waals surface area contributed by atoms with Crippen LogP contribution in [0.1, 0.15) is 25.1 Å². The Balaban J connectivity index is 2.01. The highest BCUT2D eigenvalue weighted by Gasteiger charge is 2.34. The number of carbonyl (C=O) groups is 1. The van der Waals surface area contributed by atoms with Gasteiger partial charge in [-0.2, -0.15) is 0 Å². The molecule has 6 nitrogen and oxygen atoms in total. The number of ketones is 1. The maximum atomic E-state index is 13.0. The van der Waals surface area contributed by atoms with Crippen LogP contribution in [0, 0.1) is 0 Å². The largest absolute Gasteiger partial charge is 0.351 e. The number of nitrogens with one attached hydrogen (secondary N) is 1. The molecule has 3 aromatic rings. The minimum absolute atomic E-state index is 0.259. The van der Waals surface area contributed by atoms with Gasteiger partial charge in [0.25, 0.3) is 0 Å². The van der Waals surface area contributed by atoms with Crippen molar-refractivity contribution in [1.82, 2.24) is 9.97 Å². The first kappa shape index (κ1) is 21.9. The average Bonchev–Trinajstić information content (AvgIpc) is 2.73. The summed E-state index contributed by atoms with van der Waals surface area (Å²) >= 11 is 0. The van der Waals surface area contributed by atoms with Crippen molar-refractivity contribution in [3.8, 4) is 11.3 Å². The van der Waals surface area contributed by atoms with E-state index in [1.165, 1.54) is 13.6 Å². The van der Waals surface area contributed by atoms with Crippen molar-refractivity contribution < 1.29 is 13.9 Å². The Morgan fingerprint density at radius 3 is 2.33 bits per heavy atom. The smallest absolute Gasteiger partial charge is 0.229 e. The van der Waals surface area contributed by atoms with Gasteiger partial charge in [0.15, 0.2) is 11.6 Å². The molecule has 2 unspecified atom stereocenters. The molecule has 1 aromatic heterocycles. The fraction of sp³-hybridized carbons (Fsp3) is 0.261. The molecule has 0 bridgehead atoms. The van der Waals surface area contributed by atoms with Gasteiger partial charge in [-0.15, -0.1) is 0 Å². The third kappa shape index (κ3) is 5.41. The Morgan fingerprint density at radius 1 is 1.10 bits per heavy atom. The number of benzene rings is 2. The second-order valence-electron chi connectivity index (χ2n) is 7.06. The van der Waals surface area contributed by atoms with Gasteiger partial charge < -0.3 is 9.84 Å². The molecule has 1 N–H and O–H groups in total. The van der Waals surface area contributed by atoms with Gasteiger partial charge in [-0.25, -0.2) is 9.97 Å². The normalized spacial score (nSPS) is 14.0. The molecule has 30 heavy (non-hydrogen) atoms. The van der Waals surface area contributed by atoms with Gasteiger partial charge in [0.2, 0.25) is 7.37 Å². The second-order valence-corrected chi connectivity index (χ2v) is 9.65. The molecule has 0 amide bonds. The third-order valence-corrected chi connectivity index (χ3v) is 6.84. The summed E-state index contributed by atoms with van der Waals surface area (Å²) in [5.41, 5.74) is 3.41. The van der Waals surface area contributed by atoms with E-state index >= 15 is 0 Å². The second kappa shape index (κ2) is 9.79. The molecule has 0 saturated carbocycles. The summed E-state index contributed by atoms with van der Waals surface area (Å²) in [7, 11) is -3.22. The van der Waals surface area contributed by atoms with Crippen LogP contribution in [0.5, 0.6) is 0 Å². The zero-order valence-corrected chi connectivity index (χ0v) is 18.3. The SMILES string of the molecule is CCOP(C)(=O)C(Nc1ncc(-c2ccccc2)nc1Cc1ccccc1)C(C)=O. The highest BCUT2D eigenvalue weighted by Crippen LogP contribution is 2.48. The average molecular weight is 423 g/mol. The summed E-state index contributed by atoms with van der Waals surface area (Å²) in [5.74, 6) is -0.821. The van der Waals surface area contributed by atoms with E-state index in [1.54, 1.807) is 13.1 Å². The molecule has 0 fully saturated rings. The Bertz CT molecular complexity index is 1040. The van der Waals surface area contributed by atoms with Crippen molar-refractivity contribution in [2.45, 2.75) is 26.1 Å². The summed E-state index contributed by atoms with van der Waals surface area (Å²) in [6.07, 6.45) is 2.18. The van der Waals surface area contributed by atoms with Gasteiger partial charge in [0.1, 0.15) is 5.82 Å². The number of rotatable bonds is 9. The van der Waals surface area contributed by atoms with E-state index < -0.39 is 13.2 Å². The van der Waals surface area contributed by atoms with Gasteiger partial charge >= 0.3 is 0 Å². The van der Waals surface area contributed by atoms with Gasteiger partial charge in [-0.05, 0) is 19.4 Å². The van der Waals surface area contributed by atoms with E-state index in [-0.39, 0.29) is 12.4 Å². The fourth-order valence-electron chi connectivity index (χ4n) is 3.22. The molecular weight excluding hydrogens is 397 g/mol. The number of anilines is 1. The fourth-order valence-corrected chi connectivity index (χ4v) is 4.90. The number of carbonyl (C=O) groups excluding carboxylic acids is 1. The van der Waals surface area contributed by atoms with Crippen molar-refractivity contribution in [2.75, 3.05) is 18.6 Å². The van der Waals surface area contributed by atoms with Crippen molar-refractivity contribution in [2.24, 2.45) is 0 Å². The van der Waals surface area contributed by atoms with Crippen molar-refractivity contribution >= 4 is 19.0 Å². The van der Waals surface area contributed by atoms with E-state index in [0.717, 1.165) is 16.8 Å². The van der Waals surface area contributed by atoms with Gasteiger partial charge in [0, 0.05) is 18.6 Å². The Labute approximate surface area is 177 Å². The van der Waals surface area contributed by atoms with Crippen LogP contribution in [0.3, 0.4) is 0 Å². The molecule has 2 atom stereocenters. The number of hydrogen-bond donors (Lipinski definition) is 1. The topological polar surface area (TPSA) is 81.2 Å². The number of Topliss-reactive ketones (excluding diaryl/α,β-unsaturated/α-hetero) is 1. The van der Waals surface area contributed by atoms with Crippen LogP contribution in [0.2, 0.25) is 0 Å². The number of hydrogen-bond acceptors (Lipinski definition) is 6. The highest BCUT2D eigenvalue weighted by molar-refractivity contribution is 7.60. The van der Waals surface area contributed by atoms with E-state index in [9.17, 15) is 9.36 Å². The monoisotopic (exact) mass is 423 g/mol. The third-order valence-electron chi connectivity index (χ3n) is 4.64. The first-order valence-corrected chi connectivity index (χ1v) is 12.0. The molecule has 0 aliphatic heterocycles. The van der Waals surface area contributed by atoms with Crippen LogP contribution in [0.4, 0.5) is 5.82 Å². The summed E-state index contributed by atoms with van der Waals surface area (Å²) in [6, 6.07) is 19.7. The summed E-state index contributed by atoms with van der Waals surface area (Å²) in [5, 5.41) is 3.06. The quantitative estimate of drug-likeness (QED) is 0.488. The first-order valence-electron chi connectivity index (χ1n) is 9.84. The lowest BCUT2D eigenvalue weighted by Crippen LogP contribution is -2.29. The lowest BCUT2D eigenvalue weighted by atomic mass is 10.1. The minimum Gasteiger partial charge on any atom is -0.351 e. The number of aromatic nitrogens is 2. The minimum atomic E-state index is -3.22. The standard InChI is InChI=1S/C23H26N3O3P/c1-4-29-30(3,28)23(17(2)27)26-22-20(15-18-11-7-5-8-12-18)25-21(16-24-22)19-13-9-6-10-14-19/h5-14,16,23H,4,15H2,1-3H3,(H,24,26). The van der Waals surface area contributed by atoms with E-state index in [0.29, 0.717) is 17.9 Å². The summed E-state index contributed by atoms with van der Waals surface area (Å²) in [6.45, 7) is 4.88. The molecular formula is C23H26N3O3P. The molecule has 0 spiro atoms. The molecule has 1 heterocycles. The summed E-state index contributed by atoms with van der Waals surface area (Å²) in [4.78, 5) is 21.6. The first-order chi connectivity index (χ1) is 14.4.